The number of H-pyrrole nitrogens is 1. The SMILES string of the molecule is COC(CCCNC(=O)C(=Cc1ccc(N=[N+]=[N-])cc1)NC(=O)c1ccc(Cc2ncc[nH]2)cc1)OC. The maximum absolute atomic E-state index is 13.0. The van der Waals surface area contributed by atoms with E-state index in [2.05, 4.69) is 30.6 Å². The van der Waals surface area contributed by atoms with Crippen LogP contribution in [0, 0.1) is 0 Å². The minimum absolute atomic E-state index is 0.0798. The number of aromatic nitrogens is 2. The fraction of sp³-hybridized carbons (Fsp3) is 0.269. The van der Waals surface area contributed by atoms with Crippen LogP contribution in [0.15, 0.2) is 71.7 Å². The molecule has 0 saturated carbocycles. The van der Waals surface area contributed by atoms with Gasteiger partial charge in [0.15, 0.2) is 6.29 Å². The van der Waals surface area contributed by atoms with Crippen LogP contribution in [0.25, 0.3) is 16.5 Å². The molecule has 11 nitrogen and oxygen atoms in total. The van der Waals surface area contributed by atoms with Crippen molar-refractivity contribution in [3.63, 3.8) is 0 Å². The Hall–Kier alpha value is -4.44. The third-order valence-electron chi connectivity index (χ3n) is 5.43. The highest BCUT2D eigenvalue weighted by molar-refractivity contribution is 6.05. The minimum Gasteiger partial charge on any atom is -0.356 e. The molecule has 0 atom stereocenters. The molecule has 2 amide bonds. The van der Waals surface area contributed by atoms with Crippen LogP contribution in [0.3, 0.4) is 0 Å². The van der Waals surface area contributed by atoms with E-state index in [0.717, 1.165) is 11.4 Å². The molecule has 3 N–H and O–H groups in total. The number of hydrogen-bond donors (Lipinski definition) is 3. The third kappa shape index (κ3) is 8.62. The number of nitrogens with zero attached hydrogens (tertiary/aromatic N) is 4. The molecule has 0 aliphatic carbocycles. The first-order chi connectivity index (χ1) is 18.0. The second kappa shape index (κ2) is 14.2. The zero-order valence-corrected chi connectivity index (χ0v) is 20.7. The van der Waals surface area contributed by atoms with E-state index in [1.165, 1.54) is 0 Å². The summed E-state index contributed by atoms with van der Waals surface area (Å²) in [7, 11) is 3.11. The summed E-state index contributed by atoms with van der Waals surface area (Å²) in [6.07, 6.45) is 6.49. The van der Waals surface area contributed by atoms with Crippen molar-refractivity contribution in [1.82, 2.24) is 20.6 Å². The van der Waals surface area contributed by atoms with Crippen molar-refractivity contribution in [3.05, 3.63) is 99.6 Å². The molecule has 0 bridgehead atoms. The first-order valence-corrected chi connectivity index (χ1v) is 11.6. The van der Waals surface area contributed by atoms with E-state index in [1.807, 2.05) is 12.1 Å². The molecule has 0 aliphatic rings. The maximum atomic E-state index is 13.0. The van der Waals surface area contributed by atoms with Crippen molar-refractivity contribution in [1.29, 1.82) is 0 Å². The quantitative estimate of drug-likeness (QED) is 0.0795. The number of methoxy groups -OCH3 is 2. The van der Waals surface area contributed by atoms with Crippen LogP contribution in [0.1, 0.15) is 40.2 Å². The minimum atomic E-state index is -0.437. The van der Waals surface area contributed by atoms with Gasteiger partial charge in [0.05, 0.1) is 0 Å². The molecular weight excluding hydrogens is 474 g/mol. The van der Waals surface area contributed by atoms with Gasteiger partial charge in [-0.1, -0.05) is 41.5 Å². The smallest absolute Gasteiger partial charge is 0.267 e. The second-order valence-electron chi connectivity index (χ2n) is 8.00. The molecule has 3 aromatic rings. The largest absolute Gasteiger partial charge is 0.356 e. The van der Waals surface area contributed by atoms with E-state index in [-0.39, 0.29) is 12.0 Å². The molecule has 2 aromatic carbocycles. The summed E-state index contributed by atoms with van der Waals surface area (Å²) in [5, 5.41) is 9.08. The summed E-state index contributed by atoms with van der Waals surface area (Å²) >= 11 is 0. The van der Waals surface area contributed by atoms with Gasteiger partial charge in [0.25, 0.3) is 11.8 Å². The van der Waals surface area contributed by atoms with Crippen LogP contribution in [0.5, 0.6) is 0 Å². The van der Waals surface area contributed by atoms with Gasteiger partial charge in [-0.15, -0.1) is 0 Å². The second-order valence-corrected chi connectivity index (χ2v) is 8.00. The number of hydrogen-bond acceptors (Lipinski definition) is 6. The summed E-state index contributed by atoms with van der Waals surface area (Å²) in [6, 6.07) is 13.7. The highest BCUT2D eigenvalue weighted by Gasteiger charge is 2.15. The first kappa shape index (κ1) is 27.2. The van der Waals surface area contributed by atoms with Crippen molar-refractivity contribution in [3.8, 4) is 0 Å². The van der Waals surface area contributed by atoms with Gasteiger partial charge in [-0.3, -0.25) is 9.59 Å². The number of carbonyl (C=O) groups excluding carboxylic acids is 2. The molecule has 0 fully saturated rings. The number of imidazole rings is 1. The highest BCUT2D eigenvalue weighted by Crippen LogP contribution is 2.16. The monoisotopic (exact) mass is 503 g/mol. The van der Waals surface area contributed by atoms with Crippen molar-refractivity contribution >= 4 is 23.6 Å². The number of carbonyl (C=O) groups is 2. The molecule has 37 heavy (non-hydrogen) atoms. The number of benzene rings is 2. The molecular formula is C26H29N7O4. The Bertz CT molecular complexity index is 1230. The van der Waals surface area contributed by atoms with Crippen LogP contribution in [-0.4, -0.2) is 48.8 Å². The summed E-state index contributed by atoms with van der Waals surface area (Å²) < 4.78 is 10.3. The summed E-state index contributed by atoms with van der Waals surface area (Å²) in [6.45, 7) is 0.368. The molecule has 0 saturated heterocycles. The van der Waals surface area contributed by atoms with Crippen LogP contribution in [0.4, 0.5) is 5.69 Å². The summed E-state index contributed by atoms with van der Waals surface area (Å²) in [5.74, 6) is -0.0309. The van der Waals surface area contributed by atoms with Gasteiger partial charge in [-0.05, 0) is 41.3 Å². The van der Waals surface area contributed by atoms with Gasteiger partial charge < -0.3 is 25.1 Å². The number of aromatic amines is 1. The molecule has 0 spiro atoms. The molecule has 0 radical (unpaired) electrons. The van der Waals surface area contributed by atoms with E-state index in [0.29, 0.717) is 42.6 Å². The average Bonchev–Trinajstić information content (AvgIpc) is 3.43. The topological polar surface area (TPSA) is 154 Å². The standard InChI is InChI=1S/C26H29N7O4/c1-36-24(37-2)4-3-13-30-26(35)22(16-18-7-11-21(12-8-18)32-33-27)31-25(34)20-9-5-19(6-10-20)17-23-28-14-15-29-23/h5-12,14-16,24H,3-4,13,17H2,1-2H3,(H,28,29)(H,30,35)(H,31,34). The van der Waals surface area contributed by atoms with Crippen molar-refractivity contribution in [2.75, 3.05) is 20.8 Å². The van der Waals surface area contributed by atoms with Gasteiger partial charge in [-0.25, -0.2) is 4.98 Å². The lowest BCUT2D eigenvalue weighted by Gasteiger charge is -2.14. The van der Waals surface area contributed by atoms with E-state index in [4.69, 9.17) is 15.0 Å². The number of nitrogens with one attached hydrogen (secondary N) is 3. The third-order valence-corrected chi connectivity index (χ3v) is 5.43. The van der Waals surface area contributed by atoms with Crippen molar-refractivity contribution in [2.45, 2.75) is 25.6 Å². The van der Waals surface area contributed by atoms with Gasteiger partial charge >= 0.3 is 0 Å². The predicted octanol–water partition coefficient (Wildman–Crippen LogP) is 4.23. The fourth-order valence-electron chi connectivity index (χ4n) is 3.47. The fourth-order valence-corrected chi connectivity index (χ4v) is 3.47. The Morgan fingerprint density at radius 1 is 1.14 bits per heavy atom. The van der Waals surface area contributed by atoms with Crippen molar-refractivity contribution < 1.29 is 19.1 Å². The Balaban J connectivity index is 1.71. The lowest BCUT2D eigenvalue weighted by molar-refractivity contribution is -0.118. The number of rotatable bonds is 13. The molecule has 0 aliphatic heterocycles. The lowest BCUT2D eigenvalue weighted by atomic mass is 10.1. The lowest BCUT2D eigenvalue weighted by Crippen LogP contribution is -2.35. The van der Waals surface area contributed by atoms with E-state index >= 15 is 0 Å². The van der Waals surface area contributed by atoms with Crippen LogP contribution < -0.4 is 10.6 Å². The summed E-state index contributed by atoms with van der Waals surface area (Å²) in [4.78, 5) is 36.0. The van der Waals surface area contributed by atoms with Crippen molar-refractivity contribution in [2.24, 2.45) is 5.11 Å². The van der Waals surface area contributed by atoms with Gasteiger partial charge in [0, 0.05) is 62.2 Å². The van der Waals surface area contributed by atoms with Gasteiger partial charge in [-0.2, -0.15) is 0 Å². The van der Waals surface area contributed by atoms with E-state index < -0.39 is 11.8 Å². The van der Waals surface area contributed by atoms with Gasteiger partial charge in [0.1, 0.15) is 11.5 Å². The Kier molecular flexibility index (Phi) is 10.4. The zero-order chi connectivity index (χ0) is 26.5. The number of ether oxygens (including phenoxy) is 2. The molecule has 192 valence electrons. The van der Waals surface area contributed by atoms with E-state index in [9.17, 15) is 9.59 Å². The highest BCUT2D eigenvalue weighted by atomic mass is 16.7. The summed E-state index contributed by atoms with van der Waals surface area (Å²) in [5.41, 5.74) is 11.2. The number of azide groups is 1. The molecule has 3 rings (SSSR count). The Morgan fingerprint density at radius 2 is 1.86 bits per heavy atom. The Labute approximate surface area is 214 Å². The molecule has 1 heterocycles. The molecule has 1 aromatic heterocycles. The normalized spacial score (nSPS) is 11.2. The van der Waals surface area contributed by atoms with Gasteiger partial charge in [0.2, 0.25) is 0 Å². The van der Waals surface area contributed by atoms with Crippen LogP contribution in [-0.2, 0) is 20.7 Å². The average molecular weight is 504 g/mol. The maximum Gasteiger partial charge on any atom is 0.267 e. The molecule has 11 heteroatoms. The first-order valence-electron chi connectivity index (χ1n) is 11.6. The Morgan fingerprint density at radius 3 is 2.49 bits per heavy atom. The van der Waals surface area contributed by atoms with Crippen LogP contribution in [0.2, 0.25) is 0 Å². The zero-order valence-electron chi connectivity index (χ0n) is 20.7. The molecule has 0 unspecified atom stereocenters. The predicted molar refractivity (Wildman–Crippen MR) is 139 cm³/mol. The number of amides is 2. The van der Waals surface area contributed by atoms with E-state index in [1.54, 1.807) is 69.1 Å². The van der Waals surface area contributed by atoms with Crippen LogP contribution >= 0.6 is 0 Å².